The quantitative estimate of drug-likeness (QED) is 0.646. The van der Waals surface area contributed by atoms with Crippen molar-refractivity contribution >= 4 is 11.8 Å². The molecule has 3 aromatic heterocycles. The third-order valence-electron chi connectivity index (χ3n) is 2.82. The van der Waals surface area contributed by atoms with Gasteiger partial charge in [0.2, 0.25) is 0 Å². The predicted molar refractivity (Wildman–Crippen MR) is 65.6 cm³/mol. The number of carbonyl (C=O) groups excluding carboxylic acids is 1. The zero-order valence-corrected chi connectivity index (χ0v) is 10.0. The number of hydrogen-bond donors (Lipinski definition) is 0. The molecule has 3 rings (SSSR count). The summed E-state index contributed by atoms with van der Waals surface area (Å²) < 4.78 is 6.99. The fourth-order valence-corrected chi connectivity index (χ4v) is 2.13. The Labute approximate surface area is 103 Å². The van der Waals surface area contributed by atoms with Crippen molar-refractivity contribution in [3.63, 3.8) is 0 Å². The van der Waals surface area contributed by atoms with Crippen LogP contribution in [-0.2, 0) is 0 Å². The van der Waals surface area contributed by atoms with Crippen LogP contribution in [0.3, 0.4) is 0 Å². The number of aromatic nitrogens is 3. The molecule has 0 N–H and O–H groups in total. The number of fused-ring (bicyclic) bond motifs is 1. The lowest BCUT2D eigenvalue weighted by Crippen LogP contribution is -1.96. The highest BCUT2D eigenvalue weighted by molar-refractivity contribution is 5.94. The van der Waals surface area contributed by atoms with Crippen LogP contribution in [0.25, 0.3) is 17.0 Å². The summed E-state index contributed by atoms with van der Waals surface area (Å²) in [5.41, 5.74) is 3.41. The summed E-state index contributed by atoms with van der Waals surface area (Å²) in [7, 11) is 0. The molecule has 0 aromatic carbocycles. The second kappa shape index (κ2) is 3.80. The largest absolute Gasteiger partial charge is 0.463 e. The molecule has 0 bridgehead atoms. The molecule has 0 fully saturated rings. The first-order chi connectivity index (χ1) is 8.70. The Kier molecular flexibility index (Phi) is 2.26. The van der Waals surface area contributed by atoms with E-state index in [1.807, 2.05) is 13.8 Å². The highest BCUT2D eigenvalue weighted by atomic mass is 16.3. The van der Waals surface area contributed by atoms with Gasteiger partial charge in [0.25, 0.3) is 0 Å². The highest BCUT2D eigenvalue weighted by Gasteiger charge is 2.18. The molecule has 0 radical (unpaired) electrons. The van der Waals surface area contributed by atoms with E-state index in [4.69, 9.17) is 4.42 Å². The maximum atomic E-state index is 11.3. The van der Waals surface area contributed by atoms with Crippen LogP contribution in [0.5, 0.6) is 0 Å². The zero-order valence-electron chi connectivity index (χ0n) is 10.0. The molecule has 5 nitrogen and oxygen atoms in total. The maximum absolute atomic E-state index is 11.3. The molecule has 0 aliphatic heterocycles. The van der Waals surface area contributed by atoms with Crippen molar-refractivity contribution < 1.29 is 9.21 Å². The van der Waals surface area contributed by atoms with E-state index in [2.05, 4.69) is 10.1 Å². The Hall–Kier alpha value is -2.43. The summed E-state index contributed by atoms with van der Waals surface area (Å²) in [4.78, 5) is 15.7. The SMILES string of the molecule is Cc1cn2nc(-c3ccco3)c(C=O)c2c(C)n1. The molecule has 3 heterocycles. The van der Waals surface area contributed by atoms with Gasteiger partial charge in [-0.25, -0.2) is 4.52 Å². The zero-order chi connectivity index (χ0) is 12.7. The van der Waals surface area contributed by atoms with Crippen LogP contribution in [0.4, 0.5) is 0 Å². The van der Waals surface area contributed by atoms with E-state index >= 15 is 0 Å². The Bertz CT molecular complexity index is 726. The number of hydrogen-bond acceptors (Lipinski definition) is 4. The molecule has 0 aliphatic carbocycles. The lowest BCUT2D eigenvalue weighted by molar-refractivity contribution is 0.112. The molecule has 3 aromatic rings. The molecule has 0 aliphatic rings. The summed E-state index contributed by atoms with van der Waals surface area (Å²) in [6, 6.07) is 3.55. The van der Waals surface area contributed by atoms with Gasteiger partial charge >= 0.3 is 0 Å². The second-order valence-electron chi connectivity index (χ2n) is 4.12. The van der Waals surface area contributed by atoms with Crippen molar-refractivity contribution in [2.75, 3.05) is 0 Å². The smallest absolute Gasteiger partial charge is 0.154 e. The van der Waals surface area contributed by atoms with Crippen LogP contribution in [0.15, 0.2) is 29.0 Å². The van der Waals surface area contributed by atoms with Gasteiger partial charge in [-0.2, -0.15) is 5.10 Å². The van der Waals surface area contributed by atoms with Gasteiger partial charge in [-0.15, -0.1) is 0 Å². The number of nitrogens with zero attached hydrogens (tertiary/aromatic N) is 3. The monoisotopic (exact) mass is 241 g/mol. The minimum absolute atomic E-state index is 0.509. The molecule has 0 amide bonds. The first-order valence-electron chi connectivity index (χ1n) is 5.56. The van der Waals surface area contributed by atoms with Gasteiger partial charge in [0.05, 0.1) is 34.9 Å². The van der Waals surface area contributed by atoms with Crippen LogP contribution in [-0.4, -0.2) is 20.9 Å². The number of carbonyl (C=O) groups is 1. The fourth-order valence-electron chi connectivity index (χ4n) is 2.13. The van der Waals surface area contributed by atoms with Crippen LogP contribution < -0.4 is 0 Å². The Morgan fingerprint density at radius 2 is 2.22 bits per heavy atom. The van der Waals surface area contributed by atoms with Gasteiger partial charge in [-0.05, 0) is 26.0 Å². The van der Waals surface area contributed by atoms with Gasteiger partial charge in [-0.3, -0.25) is 9.78 Å². The molecule has 0 unspecified atom stereocenters. The summed E-state index contributed by atoms with van der Waals surface area (Å²) in [5, 5.41) is 4.40. The number of aryl methyl sites for hydroxylation is 2. The molecule has 18 heavy (non-hydrogen) atoms. The lowest BCUT2D eigenvalue weighted by Gasteiger charge is -1.99. The van der Waals surface area contributed by atoms with E-state index in [1.165, 1.54) is 0 Å². The predicted octanol–water partition coefficient (Wildman–Crippen LogP) is 2.42. The van der Waals surface area contributed by atoms with Crippen molar-refractivity contribution in [2.24, 2.45) is 0 Å². The van der Waals surface area contributed by atoms with Crippen LogP contribution >= 0.6 is 0 Å². The van der Waals surface area contributed by atoms with Gasteiger partial charge in [0.15, 0.2) is 12.0 Å². The van der Waals surface area contributed by atoms with E-state index in [-0.39, 0.29) is 0 Å². The van der Waals surface area contributed by atoms with E-state index in [1.54, 1.807) is 29.1 Å². The molecule has 0 spiro atoms. The maximum Gasteiger partial charge on any atom is 0.154 e. The number of rotatable bonds is 2. The number of aldehydes is 1. The second-order valence-corrected chi connectivity index (χ2v) is 4.12. The third kappa shape index (κ3) is 1.44. The molecular weight excluding hydrogens is 230 g/mol. The minimum atomic E-state index is 0.509. The average Bonchev–Trinajstić information content (AvgIpc) is 2.93. The number of furan rings is 1. The molecule has 90 valence electrons. The normalized spacial score (nSPS) is 11.0. The molecule has 0 saturated carbocycles. The van der Waals surface area contributed by atoms with E-state index < -0.39 is 0 Å². The highest BCUT2D eigenvalue weighted by Crippen LogP contribution is 2.26. The first kappa shape index (κ1) is 10.7. The first-order valence-corrected chi connectivity index (χ1v) is 5.56. The van der Waals surface area contributed by atoms with Crippen molar-refractivity contribution in [1.82, 2.24) is 14.6 Å². The van der Waals surface area contributed by atoms with Gasteiger partial charge in [0, 0.05) is 0 Å². The summed E-state index contributed by atoms with van der Waals surface area (Å²) >= 11 is 0. The molecule has 0 atom stereocenters. The van der Waals surface area contributed by atoms with Gasteiger partial charge < -0.3 is 4.42 Å². The standard InChI is InChI=1S/C13H11N3O2/c1-8-6-16-13(9(2)14-8)10(7-17)12(15-16)11-4-3-5-18-11/h3-7H,1-2H3. The van der Waals surface area contributed by atoms with Gasteiger partial charge in [0.1, 0.15) is 5.69 Å². The molecule has 0 saturated heterocycles. The lowest BCUT2D eigenvalue weighted by atomic mass is 10.1. The Morgan fingerprint density at radius 3 is 2.89 bits per heavy atom. The molecule has 5 heteroatoms. The van der Waals surface area contributed by atoms with Crippen LogP contribution in [0.2, 0.25) is 0 Å². The van der Waals surface area contributed by atoms with Crippen molar-refractivity contribution in [3.8, 4) is 11.5 Å². The van der Waals surface area contributed by atoms with Crippen molar-refractivity contribution in [1.29, 1.82) is 0 Å². The summed E-state index contributed by atoms with van der Waals surface area (Å²) in [5.74, 6) is 0.581. The third-order valence-corrected chi connectivity index (χ3v) is 2.82. The van der Waals surface area contributed by atoms with Crippen molar-refractivity contribution in [2.45, 2.75) is 13.8 Å². The fraction of sp³-hybridized carbons (Fsp3) is 0.154. The van der Waals surface area contributed by atoms with E-state index in [0.29, 0.717) is 17.0 Å². The van der Waals surface area contributed by atoms with Gasteiger partial charge in [-0.1, -0.05) is 0 Å². The van der Waals surface area contributed by atoms with Crippen LogP contribution in [0.1, 0.15) is 21.7 Å². The van der Waals surface area contributed by atoms with E-state index in [0.717, 1.165) is 23.2 Å². The Morgan fingerprint density at radius 1 is 1.39 bits per heavy atom. The van der Waals surface area contributed by atoms with Crippen LogP contribution in [0, 0.1) is 13.8 Å². The summed E-state index contributed by atoms with van der Waals surface area (Å²) in [6.45, 7) is 3.75. The van der Waals surface area contributed by atoms with Crippen molar-refractivity contribution in [3.05, 3.63) is 41.5 Å². The average molecular weight is 241 g/mol. The minimum Gasteiger partial charge on any atom is -0.463 e. The molecular formula is C13H11N3O2. The van der Waals surface area contributed by atoms with E-state index in [9.17, 15) is 4.79 Å². The Balaban J connectivity index is 2.41. The summed E-state index contributed by atoms with van der Waals surface area (Å²) in [6.07, 6.45) is 4.15. The topological polar surface area (TPSA) is 60.4 Å².